The second kappa shape index (κ2) is 6.80. The zero-order valence-electron chi connectivity index (χ0n) is 8.05. The normalized spacial score (nSPS) is 18.5. The molecule has 0 aromatic heterocycles. The van der Waals surface area contributed by atoms with Crippen LogP contribution in [-0.2, 0) is 9.53 Å². The number of nitrogens with zero attached hydrogens (tertiary/aromatic N) is 1. The highest BCUT2D eigenvalue weighted by Crippen LogP contribution is 2.10. The van der Waals surface area contributed by atoms with Crippen LogP contribution in [0.1, 0.15) is 19.3 Å². The molecule has 0 aromatic carbocycles. The van der Waals surface area contributed by atoms with Gasteiger partial charge in [0.2, 0.25) is 0 Å². The first-order valence-corrected chi connectivity index (χ1v) is 6.70. The van der Waals surface area contributed by atoms with Crippen molar-refractivity contribution in [2.75, 3.05) is 26.2 Å². The number of halogens is 2. The maximum Gasteiger partial charge on any atom is 0.330 e. The molecular weight excluding hydrogens is 314 g/mol. The molecule has 0 aliphatic carbocycles. The van der Waals surface area contributed by atoms with E-state index < -0.39 is 0 Å². The second-order valence-corrected chi connectivity index (χ2v) is 6.43. The summed E-state index contributed by atoms with van der Waals surface area (Å²) in [7, 11) is 0. The number of piperidine rings is 1. The number of hydrogen-bond donors (Lipinski definition) is 0. The van der Waals surface area contributed by atoms with Gasteiger partial charge in [0, 0.05) is 6.54 Å². The Labute approximate surface area is 101 Å². The molecule has 0 spiro atoms. The van der Waals surface area contributed by atoms with Crippen LogP contribution in [0.5, 0.6) is 0 Å². The Kier molecular flexibility index (Phi) is 6.05. The minimum Gasteiger partial charge on any atom is -0.463 e. The fourth-order valence-corrected chi connectivity index (χ4v) is 1.79. The Balaban J connectivity index is 2.05. The Morgan fingerprint density at radius 1 is 1.29 bits per heavy atom. The van der Waals surface area contributed by atoms with E-state index in [-0.39, 0.29) is 9.71 Å². The molecule has 5 heteroatoms. The van der Waals surface area contributed by atoms with Gasteiger partial charge in [0.25, 0.3) is 0 Å². The van der Waals surface area contributed by atoms with Gasteiger partial charge in [-0.15, -0.1) is 0 Å². The summed E-state index contributed by atoms with van der Waals surface area (Å²) in [6.45, 7) is 3.64. The summed E-state index contributed by atoms with van der Waals surface area (Å²) in [5, 5.41) is 0. The van der Waals surface area contributed by atoms with E-state index in [9.17, 15) is 4.79 Å². The number of carbonyl (C=O) groups is 1. The van der Waals surface area contributed by atoms with Crippen LogP contribution >= 0.6 is 31.9 Å². The summed E-state index contributed by atoms with van der Waals surface area (Å²) in [5.74, 6) is -0.248. The zero-order chi connectivity index (χ0) is 10.4. The first-order valence-electron chi connectivity index (χ1n) is 4.87. The first kappa shape index (κ1) is 12.5. The van der Waals surface area contributed by atoms with E-state index in [0.717, 1.165) is 19.6 Å². The highest BCUT2D eigenvalue weighted by Gasteiger charge is 2.13. The predicted molar refractivity (Wildman–Crippen MR) is 62.9 cm³/mol. The summed E-state index contributed by atoms with van der Waals surface area (Å²) >= 11 is 6.19. The average molecular weight is 329 g/mol. The highest BCUT2D eigenvalue weighted by atomic mass is 79.9. The molecule has 1 rings (SSSR count). The molecule has 1 heterocycles. The van der Waals surface area contributed by atoms with Crippen molar-refractivity contribution in [1.82, 2.24) is 4.90 Å². The van der Waals surface area contributed by atoms with Gasteiger partial charge < -0.3 is 4.74 Å². The molecule has 0 N–H and O–H groups in total. The van der Waals surface area contributed by atoms with E-state index in [1.807, 2.05) is 0 Å². The standard InChI is InChI=1S/C9H15Br2NO2/c10-8(11)9(13)14-7-6-12-4-2-1-3-5-12/h8H,1-7H2. The van der Waals surface area contributed by atoms with Crippen molar-refractivity contribution in [3.63, 3.8) is 0 Å². The third-order valence-corrected chi connectivity index (χ3v) is 3.03. The van der Waals surface area contributed by atoms with Gasteiger partial charge in [-0.1, -0.05) is 38.3 Å². The van der Waals surface area contributed by atoms with Crippen molar-refractivity contribution in [3.05, 3.63) is 0 Å². The molecule has 0 radical (unpaired) electrons. The fraction of sp³-hybridized carbons (Fsp3) is 0.889. The number of ether oxygens (including phenoxy) is 1. The number of likely N-dealkylation sites (tertiary alicyclic amines) is 1. The molecule has 0 saturated carbocycles. The van der Waals surface area contributed by atoms with E-state index in [1.165, 1.54) is 19.3 Å². The third kappa shape index (κ3) is 4.75. The zero-order valence-corrected chi connectivity index (χ0v) is 11.2. The molecule has 1 fully saturated rings. The van der Waals surface area contributed by atoms with Gasteiger partial charge in [-0.05, 0) is 25.9 Å². The Hall–Kier alpha value is 0.390. The minimum absolute atomic E-state index is 0.248. The number of carbonyl (C=O) groups excluding carboxylic acids is 1. The van der Waals surface area contributed by atoms with Crippen LogP contribution in [0.25, 0.3) is 0 Å². The van der Waals surface area contributed by atoms with Gasteiger partial charge in [-0.25, -0.2) is 4.79 Å². The van der Waals surface area contributed by atoms with E-state index >= 15 is 0 Å². The van der Waals surface area contributed by atoms with Crippen LogP contribution in [0, 0.1) is 0 Å². The summed E-state index contributed by atoms with van der Waals surface area (Å²) in [6.07, 6.45) is 3.88. The number of rotatable bonds is 4. The monoisotopic (exact) mass is 327 g/mol. The van der Waals surface area contributed by atoms with Crippen LogP contribution in [0.15, 0.2) is 0 Å². The molecule has 1 aliphatic heterocycles. The maximum atomic E-state index is 11.1. The number of hydrogen-bond acceptors (Lipinski definition) is 3. The molecule has 0 amide bonds. The van der Waals surface area contributed by atoms with Crippen molar-refractivity contribution in [2.24, 2.45) is 0 Å². The smallest absolute Gasteiger partial charge is 0.330 e. The summed E-state index contributed by atoms with van der Waals surface area (Å²) in [5.41, 5.74) is 0. The topological polar surface area (TPSA) is 29.5 Å². The first-order chi connectivity index (χ1) is 6.70. The molecule has 3 nitrogen and oxygen atoms in total. The fourth-order valence-electron chi connectivity index (χ4n) is 1.52. The summed E-state index contributed by atoms with van der Waals surface area (Å²) in [6, 6.07) is 0. The second-order valence-electron chi connectivity index (χ2n) is 3.37. The van der Waals surface area contributed by atoms with Gasteiger partial charge in [-0.3, -0.25) is 4.90 Å². The Bertz CT molecular complexity index is 182. The van der Waals surface area contributed by atoms with Crippen molar-refractivity contribution in [1.29, 1.82) is 0 Å². The molecule has 0 unspecified atom stereocenters. The Morgan fingerprint density at radius 2 is 1.93 bits per heavy atom. The summed E-state index contributed by atoms with van der Waals surface area (Å²) < 4.78 is 4.65. The van der Waals surface area contributed by atoms with Crippen LogP contribution in [0.2, 0.25) is 0 Å². The number of alkyl halides is 2. The molecule has 0 atom stereocenters. The maximum absolute atomic E-state index is 11.1. The molecule has 1 aliphatic rings. The van der Waals surface area contributed by atoms with Gasteiger partial charge >= 0.3 is 5.97 Å². The molecular formula is C9H15Br2NO2. The quantitative estimate of drug-likeness (QED) is 0.585. The molecule has 14 heavy (non-hydrogen) atoms. The lowest BCUT2D eigenvalue weighted by Crippen LogP contribution is -2.33. The lowest BCUT2D eigenvalue weighted by molar-refractivity contribution is -0.141. The van der Waals surface area contributed by atoms with Gasteiger partial charge in [-0.2, -0.15) is 0 Å². The van der Waals surface area contributed by atoms with E-state index in [1.54, 1.807) is 0 Å². The SMILES string of the molecule is O=C(OCCN1CCCCC1)C(Br)Br. The molecule has 0 aromatic rings. The Morgan fingerprint density at radius 3 is 2.50 bits per heavy atom. The van der Waals surface area contributed by atoms with Crippen molar-refractivity contribution in [2.45, 2.75) is 23.0 Å². The highest BCUT2D eigenvalue weighted by molar-refractivity contribution is 9.25. The van der Waals surface area contributed by atoms with E-state index in [0.29, 0.717) is 6.61 Å². The van der Waals surface area contributed by atoms with E-state index in [4.69, 9.17) is 4.74 Å². The lowest BCUT2D eigenvalue weighted by Gasteiger charge is -2.25. The van der Waals surface area contributed by atoms with Gasteiger partial charge in [0.05, 0.1) is 0 Å². The largest absolute Gasteiger partial charge is 0.463 e. The molecule has 1 saturated heterocycles. The van der Waals surface area contributed by atoms with E-state index in [2.05, 4.69) is 36.8 Å². The van der Waals surface area contributed by atoms with Crippen molar-refractivity contribution >= 4 is 37.8 Å². The van der Waals surface area contributed by atoms with Crippen LogP contribution < -0.4 is 0 Å². The predicted octanol–water partition coefficient (Wildman–Crippen LogP) is 2.13. The minimum atomic E-state index is -0.378. The number of esters is 1. The third-order valence-electron chi connectivity index (χ3n) is 2.28. The van der Waals surface area contributed by atoms with Crippen LogP contribution in [0.3, 0.4) is 0 Å². The lowest BCUT2D eigenvalue weighted by atomic mass is 10.1. The van der Waals surface area contributed by atoms with Crippen molar-refractivity contribution < 1.29 is 9.53 Å². The summed E-state index contributed by atoms with van der Waals surface area (Å²) in [4.78, 5) is 13.4. The van der Waals surface area contributed by atoms with Crippen LogP contribution in [0.4, 0.5) is 0 Å². The van der Waals surface area contributed by atoms with Crippen LogP contribution in [-0.4, -0.2) is 40.8 Å². The molecule has 0 bridgehead atoms. The van der Waals surface area contributed by atoms with Crippen molar-refractivity contribution in [3.8, 4) is 0 Å². The molecule has 82 valence electrons. The average Bonchev–Trinajstić information content (AvgIpc) is 2.19. The van der Waals surface area contributed by atoms with Gasteiger partial charge in [0.15, 0.2) is 3.74 Å². The van der Waals surface area contributed by atoms with Gasteiger partial charge in [0.1, 0.15) is 6.61 Å².